The van der Waals surface area contributed by atoms with Gasteiger partial charge in [-0.1, -0.05) is 0 Å². The number of aromatic nitrogens is 2. The Kier molecular flexibility index (Phi) is 6.62. The van der Waals surface area contributed by atoms with E-state index >= 15 is 0 Å². The van der Waals surface area contributed by atoms with Gasteiger partial charge in [0.25, 0.3) is 0 Å². The molecular weight excluding hydrogens is 499 g/mol. The van der Waals surface area contributed by atoms with Crippen LogP contribution in [0.5, 0.6) is 5.75 Å². The Hall–Kier alpha value is -3.92. The maximum absolute atomic E-state index is 13.5. The third-order valence-electron chi connectivity index (χ3n) is 5.78. The van der Waals surface area contributed by atoms with Crippen molar-refractivity contribution in [3.63, 3.8) is 0 Å². The number of fused-ring (bicyclic) bond motifs is 1. The van der Waals surface area contributed by atoms with E-state index in [1.165, 1.54) is 4.46 Å². The molecule has 0 aliphatic carbocycles. The van der Waals surface area contributed by atoms with E-state index in [-0.39, 0.29) is 5.56 Å². The molecule has 0 fully saturated rings. The zero-order valence-electron chi connectivity index (χ0n) is 19.3. The number of benzene rings is 4. The van der Waals surface area contributed by atoms with Crippen molar-refractivity contribution < 1.29 is 5.11 Å². The third kappa shape index (κ3) is 4.83. The zero-order chi connectivity index (χ0) is 24.2. The van der Waals surface area contributed by atoms with Crippen LogP contribution in [0.2, 0.25) is 5.32 Å². The van der Waals surface area contributed by atoms with Crippen molar-refractivity contribution in [1.82, 2.24) is 9.55 Å². The van der Waals surface area contributed by atoms with Crippen molar-refractivity contribution in [1.29, 1.82) is 0 Å². The molecular formula is C30H25N2O2Se. The molecule has 0 bridgehead atoms. The molecule has 0 spiro atoms. The van der Waals surface area contributed by atoms with E-state index in [4.69, 9.17) is 4.98 Å². The number of nitrogens with zero attached hydrogens (tertiary/aromatic N) is 2. The van der Waals surface area contributed by atoms with Gasteiger partial charge in [-0.2, -0.15) is 0 Å². The van der Waals surface area contributed by atoms with E-state index in [9.17, 15) is 9.90 Å². The van der Waals surface area contributed by atoms with Gasteiger partial charge in [-0.15, -0.1) is 0 Å². The molecule has 4 aromatic carbocycles. The summed E-state index contributed by atoms with van der Waals surface area (Å²) in [7, 11) is 0. The molecule has 0 atom stereocenters. The minimum absolute atomic E-state index is 0.0876. The third-order valence-corrected chi connectivity index (χ3v) is 10.5. The second kappa shape index (κ2) is 10.1. The summed E-state index contributed by atoms with van der Waals surface area (Å²) in [5.41, 5.74) is 2.51. The Balaban J connectivity index is 1.58. The van der Waals surface area contributed by atoms with Crippen LogP contribution < -0.4 is 14.5 Å². The molecule has 1 heterocycles. The van der Waals surface area contributed by atoms with E-state index in [2.05, 4.69) is 18.2 Å². The Morgan fingerprint density at radius 1 is 0.857 bits per heavy atom. The Labute approximate surface area is 208 Å². The molecule has 5 heteroatoms. The fraction of sp³-hybridized carbons (Fsp3) is 0.0667. The molecule has 1 aromatic heterocycles. The van der Waals surface area contributed by atoms with Gasteiger partial charge in [0.2, 0.25) is 0 Å². The van der Waals surface area contributed by atoms with E-state index in [0.29, 0.717) is 22.5 Å². The molecule has 0 aliphatic heterocycles. The van der Waals surface area contributed by atoms with Gasteiger partial charge in [0.15, 0.2) is 0 Å². The van der Waals surface area contributed by atoms with E-state index in [1.54, 1.807) is 10.6 Å². The number of aromatic hydroxyl groups is 1. The first-order valence-corrected chi connectivity index (χ1v) is 14.3. The summed E-state index contributed by atoms with van der Waals surface area (Å²) >= 11 is -1.57. The number of hydrogen-bond donors (Lipinski definition) is 1. The second-order valence-corrected chi connectivity index (χ2v) is 12.5. The van der Waals surface area contributed by atoms with Crippen LogP contribution >= 0.6 is 0 Å². The van der Waals surface area contributed by atoms with Gasteiger partial charge in [0.1, 0.15) is 0 Å². The normalized spacial score (nSPS) is 11.5. The van der Waals surface area contributed by atoms with Crippen LogP contribution in [0.4, 0.5) is 0 Å². The molecule has 35 heavy (non-hydrogen) atoms. The van der Waals surface area contributed by atoms with Crippen molar-refractivity contribution >= 4 is 39.8 Å². The average Bonchev–Trinajstić information content (AvgIpc) is 2.89. The summed E-state index contributed by atoms with van der Waals surface area (Å²) in [6.45, 7) is 2.03. The Morgan fingerprint density at radius 3 is 2.31 bits per heavy atom. The SMILES string of the molecule is Cc1ccc(-n2c(/C=C/C[Se](c3ccccc3)c3ccccc3O)nc3ccccc3c2=O)cc1. The van der Waals surface area contributed by atoms with Crippen molar-refractivity contribution in [2.45, 2.75) is 12.2 Å². The van der Waals surface area contributed by atoms with Crippen LogP contribution in [0.15, 0.2) is 114 Å². The molecule has 0 saturated heterocycles. The van der Waals surface area contributed by atoms with Gasteiger partial charge >= 0.3 is 209 Å². The summed E-state index contributed by atoms with van der Waals surface area (Å²) in [6.07, 6.45) is 4.03. The first-order chi connectivity index (χ1) is 17.1. The number of para-hydroxylation sites is 2. The number of phenolic OH excluding ortho intramolecular Hbond substituents is 1. The molecule has 4 nitrogen and oxygen atoms in total. The van der Waals surface area contributed by atoms with Crippen molar-refractivity contribution in [2.75, 3.05) is 0 Å². The summed E-state index contributed by atoms with van der Waals surface area (Å²) in [5, 5.41) is 11.9. The first-order valence-electron chi connectivity index (χ1n) is 11.4. The minimum atomic E-state index is -1.57. The summed E-state index contributed by atoms with van der Waals surface area (Å²) < 4.78 is 3.90. The van der Waals surface area contributed by atoms with Gasteiger partial charge in [-0.25, -0.2) is 0 Å². The van der Waals surface area contributed by atoms with E-state index in [0.717, 1.165) is 21.0 Å². The second-order valence-electron chi connectivity index (χ2n) is 8.20. The molecule has 1 N–H and O–H groups in total. The topological polar surface area (TPSA) is 55.1 Å². The summed E-state index contributed by atoms with van der Waals surface area (Å²) in [6, 6.07) is 33.3. The van der Waals surface area contributed by atoms with Gasteiger partial charge in [-0.05, 0) is 0 Å². The van der Waals surface area contributed by atoms with Crippen molar-refractivity contribution in [2.24, 2.45) is 0 Å². The van der Waals surface area contributed by atoms with E-state index in [1.807, 2.05) is 97.9 Å². The van der Waals surface area contributed by atoms with Gasteiger partial charge in [0, 0.05) is 0 Å². The molecule has 0 saturated carbocycles. The standard InChI is InChI=1S/C30H25N2O2Se/c1-22-17-19-23(20-18-22)32-29(31-26-13-6-5-12-25(26)30(32)34)16-9-21-35(24-10-3-2-4-11-24)28-15-8-7-14-27(28)33/h2-20,33H,21H2,1H3/b16-9+. The van der Waals surface area contributed by atoms with Crippen LogP contribution in [0, 0.1) is 6.92 Å². The molecule has 0 amide bonds. The number of phenols is 1. The molecule has 173 valence electrons. The van der Waals surface area contributed by atoms with Gasteiger partial charge in [0.05, 0.1) is 0 Å². The molecule has 5 rings (SSSR count). The van der Waals surface area contributed by atoms with E-state index < -0.39 is 13.9 Å². The Morgan fingerprint density at radius 2 is 1.54 bits per heavy atom. The first kappa shape index (κ1) is 22.9. The monoisotopic (exact) mass is 525 g/mol. The van der Waals surface area contributed by atoms with Crippen LogP contribution in [0.25, 0.3) is 22.7 Å². The fourth-order valence-corrected chi connectivity index (χ4v) is 8.14. The zero-order valence-corrected chi connectivity index (χ0v) is 21.0. The predicted molar refractivity (Wildman–Crippen MR) is 145 cm³/mol. The van der Waals surface area contributed by atoms with Crippen LogP contribution in [-0.2, 0) is 0 Å². The summed E-state index contributed by atoms with van der Waals surface area (Å²) in [5.74, 6) is 0.920. The van der Waals surface area contributed by atoms with Crippen LogP contribution in [0.1, 0.15) is 11.4 Å². The fourth-order valence-electron chi connectivity index (χ4n) is 4.02. The number of rotatable bonds is 6. The average molecular weight is 525 g/mol. The number of aryl methyl sites for hydroxylation is 1. The summed E-state index contributed by atoms with van der Waals surface area (Å²) in [4.78, 5) is 18.3. The number of hydrogen-bond acceptors (Lipinski definition) is 3. The van der Waals surface area contributed by atoms with Crippen molar-refractivity contribution in [3.05, 3.63) is 131 Å². The quantitative estimate of drug-likeness (QED) is 0.327. The van der Waals surface area contributed by atoms with Gasteiger partial charge < -0.3 is 0 Å². The van der Waals surface area contributed by atoms with Crippen molar-refractivity contribution in [3.8, 4) is 11.4 Å². The molecule has 0 aliphatic rings. The Bertz CT molecular complexity index is 1560. The maximum atomic E-state index is 13.5. The predicted octanol–water partition coefficient (Wildman–Crippen LogP) is 4.72. The molecule has 5 aromatic rings. The molecule has 0 unspecified atom stereocenters. The molecule has 1 radical (unpaired) electrons. The number of allylic oxidation sites excluding steroid dienone is 1. The van der Waals surface area contributed by atoms with Crippen LogP contribution in [0.3, 0.4) is 0 Å². The van der Waals surface area contributed by atoms with Crippen LogP contribution in [-0.4, -0.2) is 28.6 Å². The van der Waals surface area contributed by atoms with Gasteiger partial charge in [-0.3, -0.25) is 0 Å².